The van der Waals surface area contributed by atoms with Crippen LogP contribution in [0.1, 0.15) is 109 Å². The SMILES string of the molecule is C#C/C=C\CCCCCCCCCCCCCC/C=C\CCCC(O)C(O)C(O)C#CC#CCO. The summed E-state index contributed by atoms with van der Waals surface area (Å²) < 4.78 is 0. The van der Waals surface area contributed by atoms with E-state index in [9.17, 15) is 15.3 Å². The van der Waals surface area contributed by atoms with Gasteiger partial charge >= 0.3 is 0 Å². The molecule has 0 aromatic rings. The van der Waals surface area contributed by atoms with Gasteiger partial charge in [-0.3, -0.25) is 0 Å². The van der Waals surface area contributed by atoms with E-state index in [1.165, 1.54) is 77.0 Å². The van der Waals surface area contributed by atoms with Gasteiger partial charge in [0.05, 0.1) is 6.10 Å². The Morgan fingerprint density at radius 1 is 0.629 bits per heavy atom. The highest BCUT2D eigenvalue weighted by molar-refractivity contribution is 5.27. The molecule has 0 saturated heterocycles. The van der Waals surface area contributed by atoms with Crippen LogP contribution < -0.4 is 0 Å². The van der Waals surface area contributed by atoms with E-state index in [1.54, 1.807) is 6.08 Å². The van der Waals surface area contributed by atoms with Crippen molar-refractivity contribution in [2.75, 3.05) is 6.61 Å². The number of hydrogen-bond acceptors (Lipinski definition) is 4. The third-order valence-electron chi connectivity index (χ3n) is 5.91. The summed E-state index contributed by atoms with van der Waals surface area (Å²) in [5.74, 6) is 11.9. The van der Waals surface area contributed by atoms with Crippen molar-refractivity contribution >= 4 is 0 Å². The minimum absolute atomic E-state index is 0.307. The van der Waals surface area contributed by atoms with Crippen molar-refractivity contribution in [2.45, 2.75) is 127 Å². The molecule has 35 heavy (non-hydrogen) atoms. The maximum atomic E-state index is 9.96. The van der Waals surface area contributed by atoms with Crippen LogP contribution in [0.3, 0.4) is 0 Å². The lowest BCUT2D eigenvalue weighted by molar-refractivity contribution is -0.0412. The minimum atomic E-state index is -1.35. The maximum absolute atomic E-state index is 9.96. The van der Waals surface area contributed by atoms with E-state index in [1.807, 2.05) is 0 Å². The standard InChI is InChI=1S/C31H48O4/c1-2-3-4-5-6-7-8-9-10-11-12-13-14-15-16-17-18-19-20-21-23-26-29(33)31(35)30(34)27-24-22-25-28-32/h1,3-4,19-20,29-35H,5-18,21,23,26,28H2/b4-3-,20-19-. The molecule has 0 aromatic heterocycles. The van der Waals surface area contributed by atoms with Crippen LogP contribution in [-0.4, -0.2) is 45.3 Å². The molecule has 0 fully saturated rings. The molecule has 0 radical (unpaired) electrons. The van der Waals surface area contributed by atoms with Crippen molar-refractivity contribution < 1.29 is 20.4 Å². The Morgan fingerprint density at radius 3 is 1.63 bits per heavy atom. The van der Waals surface area contributed by atoms with Crippen LogP contribution in [0.25, 0.3) is 0 Å². The average Bonchev–Trinajstić information content (AvgIpc) is 2.86. The van der Waals surface area contributed by atoms with E-state index in [2.05, 4.69) is 47.8 Å². The average molecular weight is 485 g/mol. The molecule has 3 atom stereocenters. The molecule has 0 aromatic carbocycles. The summed E-state index contributed by atoms with van der Waals surface area (Å²) in [5, 5.41) is 38.1. The molecule has 0 aliphatic carbocycles. The number of unbranched alkanes of at least 4 members (excludes halogenated alkanes) is 14. The van der Waals surface area contributed by atoms with Crippen LogP contribution in [-0.2, 0) is 0 Å². The molecule has 0 aliphatic rings. The predicted octanol–water partition coefficient (Wildman–Crippen LogP) is 5.45. The first-order valence-corrected chi connectivity index (χ1v) is 13.5. The third kappa shape index (κ3) is 23.5. The first-order valence-electron chi connectivity index (χ1n) is 13.5. The third-order valence-corrected chi connectivity index (χ3v) is 5.91. The number of hydrogen-bond donors (Lipinski definition) is 4. The zero-order valence-electron chi connectivity index (χ0n) is 21.6. The van der Waals surface area contributed by atoms with Gasteiger partial charge in [-0.15, -0.1) is 6.42 Å². The van der Waals surface area contributed by atoms with Crippen molar-refractivity contribution in [1.82, 2.24) is 0 Å². The normalized spacial score (nSPS) is 13.6. The fourth-order valence-electron chi connectivity index (χ4n) is 3.78. The molecule has 196 valence electrons. The van der Waals surface area contributed by atoms with Gasteiger partial charge in [0, 0.05) is 0 Å². The quantitative estimate of drug-likeness (QED) is 0.0993. The van der Waals surface area contributed by atoms with Crippen LogP contribution in [0.4, 0.5) is 0 Å². The first kappa shape index (κ1) is 33.0. The molecule has 0 spiro atoms. The Kier molecular flexibility index (Phi) is 25.1. The number of terminal acetylenes is 1. The summed E-state index contributed by atoms with van der Waals surface area (Å²) in [6.45, 7) is -0.307. The van der Waals surface area contributed by atoms with Gasteiger partial charge in [-0.05, 0) is 62.9 Å². The van der Waals surface area contributed by atoms with Crippen LogP contribution in [0.2, 0.25) is 0 Å². The van der Waals surface area contributed by atoms with Gasteiger partial charge < -0.3 is 20.4 Å². The van der Waals surface area contributed by atoms with E-state index >= 15 is 0 Å². The Bertz CT molecular complexity index is 695. The number of aliphatic hydroxyl groups is 4. The van der Waals surface area contributed by atoms with Crippen LogP contribution >= 0.6 is 0 Å². The summed E-state index contributed by atoms with van der Waals surface area (Å²) in [4.78, 5) is 0. The second-order valence-corrected chi connectivity index (χ2v) is 9.02. The maximum Gasteiger partial charge on any atom is 0.144 e. The van der Waals surface area contributed by atoms with Crippen molar-refractivity contribution in [3.63, 3.8) is 0 Å². The van der Waals surface area contributed by atoms with Crippen molar-refractivity contribution in [2.24, 2.45) is 0 Å². The second kappa shape index (κ2) is 26.6. The summed E-state index contributed by atoms with van der Waals surface area (Å²) >= 11 is 0. The predicted molar refractivity (Wildman–Crippen MR) is 146 cm³/mol. The summed E-state index contributed by atoms with van der Waals surface area (Å²) in [7, 11) is 0. The Morgan fingerprint density at radius 2 is 1.11 bits per heavy atom. The summed E-state index contributed by atoms with van der Waals surface area (Å²) in [6.07, 6.45) is 29.8. The lowest BCUT2D eigenvalue weighted by Gasteiger charge is -2.19. The van der Waals surface area contributed by atoms with Crippen LogP contribution in [0.15, 0.2) is 24.3 Å². The van der Waals surface area contributed by atoms with Crippen molar-refractivity contribution in [3.8, 4) is 36.0 Å². The fraction of sp³-hybridized carbons (Fsp3) is 0.677. The van der Waals surface area contributed by atoms with Gasteiger partial charge in [0.1, 0.15) is 18.8 Å². The van der Waals surface area contributed by atoms with Gasteiger partial charge in [-0.2, -0.15) is 0 Å². The first-order chi connectivity index (χ1) is 17.1. The lowest BCUT2D eigenvalue weighted by atomic mass is 10.0. The molecule has 4 nitrogen and oxygen atoms in total. The van der Waals surface area contributed by atoms with Crippen molar-refractivity contribution in [3.05, 3.63) is 24.3 Å². The minimum Gasteiger partial charge on any atom is -0.390 e. The molecule has 0 aliphatic heterocycles. The van der Waals surface area contributed by atoms with Crippen LogP contribution in [0.5, 0.6) is 0 Å². The molecular weight excluding hydrogens is 436 g/mol. The second-order valence-electron chi connectivity index (χ2n) is 9.02. The molecule has 0 heterocycles. The highest BCUT2D eigenvalue weighted by Crippen LogP contribution is 2.14. The monoisotopic (exact) mass is 484 g/mol. The largest absolute Gasteiger partial charge is 0.390 e. The van der Waals surface area contributed by atoms with Gasteiger partial charge in [-0.1, -0.05) is 100 Å². The molecule has 4 N–H and O–H groups in total. The molecule has 4 heteroatoms. The van der Waals surface area contributed by atoms with E-state index in [4.69, 9.17) is 11.5 Å². The Balaban J connectivity index is 3.46. The van der Waals surface area contributed by atoms with Crippen molar-refractivity contribution in [1.29, 1.82) is 0 Å². The Hall–Kier alpha value is -2.00. The number of rotatable bonds is 21. The topological polar surface area (TPSA) is 80.9 Å². The van der Waals surface area contributed by atoms with E-state index in [0.29, 0.717) is 6.42 Å². The molecule has 0 bridgehead atoms. The van der Waals surface area contributed by atoms with Gasteiger partial charge in [0.15, 0.2) is 0 Å². The molecule has 3 unspecified atom stereocenters. The molecule has 0 amide bonds. The van der Waals surface area contributed by atoms with E-state index in [0.717, 1.165) is 25.7 Å². The van der Waals surface area contributed by atoms with E-state index < -0.39 is 18.3 Å². The van der Waals surface area contributed by atoms with Gasteiger partial charge in [0.2, 0.25) is 0 Å². The molecule has 0 saturated carbocycles. The van der Waals surface area contributed by atoms with Crippen LogP contribution in [0, 0.1) is 36.0 Å². The smallest absolute Gasteiger partial charge is 0.144 e. The van der Waals surface area contributed by atoms with Gasteiger partial charge in [-0.25, -0.2) is 0 Å². The summed E-state index contributed by atoms with van der Waals surface area (Å²) in [6, 6.07) is 0. The zero-order valence-corrected chi connectivity index (χ0v) is 21.6. The summed E-state index contributed by atoms with van der Waals surface area (Å²) in [5.41, 5.74) is 0. The molecular formula is C31H48O4. The number of allylic oxidation sites excluding steroid dienone is 4. The zero-order chi connectivity index (χ0) is 25.8. The lowest BCUT2D eigenvalue weighted by Crippen LogP contribution is -2.36. The van der Waals surface area contributed by atoms with E-state index in [-0.39, 0.29) is 6.61 Å². The number of aliphatic hydroxyl groups excluding tert-OH is 4. The van der Waals surface area contributed by atoms with Gasteiger partial charge in [0.25, 0.3) is 0 Å². The highest BCUT2D eigenvalue weighted by atomic mass is 16.4. The highest BCUT2D eigenvalue weighted by Gasteiger charge is 2.22. The molecule has 0 rings (SSSR count). The Labute approximate surface area is 214 Å². The fourth-order valence-corrected chi connectivity index (χ4v) is 3.78.